The van der Waals surface area contributed by atoms with Crippen molar-refractivity contribution < 1.29 is 0 Å². The van der Waals surface area contributed by atoms with Gasteiger partial charge in [0.1, 0.15) is 0 Å². The molecular formula is C10H20N2. The summed E-state index contributed by atoms with van der Waals surface area (Å²) in [6, 6.07) is 0. The Morgan fingerprint density at radius 2 is 1.83 bits per heavy atom. The molecule has 0 aromatic carbocycles. The highest BCUT2D eigenvalue weighted by atomic mass is 15.1. The zero-order valence-electron chi connectivity index (χ0n) is 8.16. The van der Waals surface area contributed by atoms with E-state index in [0.717, 1.165) is 18.4 Å². The molecule has 1 aliphatic heterocycles. The summed E-state index contributed by atoms with van der Waals surface area (Å²) in [5, 5.41) is 0. The van der Waals surface area contributed by atoms with Crippen molar-refractivity contribution in [1.29, 1.82) is 0 Å². The van der Waals surface area contributed by atoms with Gasteiger partial charge in [-0.25, -0.2) is 0 Å². The van der Waals surface area contributed by atoms with Crippen molar-refractivity contribution in [2.24, 2.45) is 17.6 Å². The van der Waals surface area contributed by atoms with E-state index in [-0.39, 0.29) is 0 Å². The second-order valence-electron chi connectivity index (χ2n) is 3.88. The average Bonchev–Trinajstić information content (AvgIpc) is 2.32. The highest BCUT2D eigenvalue weighted by molar-refractivity contribution is 4.89. The molecule has 12 heavy (non-hydrogen) atoms. The van der Waals surface area contributed by atoms with Crippen LogP contribution in [0.25, 0.3) is 0 Å². The third-order valence-electron chi connectivity index (χ3n) is 2.73. The fourth-order valence-electron chi connectivity index (χ4n) is 1.72. The predicted octanol–water partition coefficient (Wildman–Crippen LogP) is 1.09. The first-order valence-corrected chi connectivity index (χ1v) is 4.81. The first-order valence-electron chi connectivity index (χ1n) is 4.81. The van der Waals surface area contributed by atoms with Gasteiger partial charge in [-0.1, -0.05) is 26.0 Å². The Bertz CT molecular complexity index is 144. The van der Waals surface area contributed by atoms with Crippen LogP contribution in [0.2, 0.25) is 0 Å². The molecule has 0 aromatic rings. The van der Waals surface area contributed by atoms with Gasteiger partial charge in [0.05, 0.1) is 0 Å². The number of rotatable bonds is 3. The van der Waals surface area contributed by atoms with Crippen LogP contribution in [0.1, 0.15) is 13.8 Å². The van der Waals surface area contributed by atoms with E-state index in [0.29, 0.717) is 6.54 Å². The van der Waals surface area contributed by atoms with Crippen LogP contribution in [0.15, 0.2) is 12.2 Å². The summed E-state index contributed by atoms with van der Waals surface area (Å²) in [4.78, 5) is 2.49. The van der Waals surface area contributed by atoms with E-state index in [4.69, 9.17) is 5.73 Å². The summed E-state index contributed by atoms with van der Waals surface area (Å²) in [5.74, 6) is 1.72. The van der Waals surface area contributed by atoms with Crippen LogP contribution in [-0.4, -0.2) is 31.1 Å². The fourth-order valence-corrected chi connectivity index (χ4v) is 1.72. The molecule has 2 heteroatoms. The van der Waals surface area contributed by atoms with Crippen molar-refractivity contribution in [2.45, 2.75) is 13.8 Å². The van der Waals surface area contributed by atoms with Crippen molar-refractivity contribution in [1.82, 2.24) is 4.90 Å². The van der Waals surface area contributed by atoms with Crippen molar-refractivity contribution in [2.75, 3.05) is 26.2 Å². The van der Waals surface area contributed by atoms with E-state index >= 15 is 0 Å². The van der Waals surface area contributed by atoms with Gasteiger partial charge >= 0.3 is 0 Å². The Hall–Kier alpha value is -0.340. The van der Waals surface area contributed by atoms with E-state index in [1.807, 2.05) is 6.08 Å². The van der Waals surface area contributed by atoms with E-state index in [2.05, 4.69) is 24.8 Å². The maximum absolute atomic E-state index is 5.36. The fraction of sp³-hybridized carbons (Fsp3) is 0.800. The molecule has 0 saturated carbocycles. The van der Waals surface area contributed by atoms with Gasteiger partial charge in [0.25, 0.3) is 0 Å². The predicted molar refractivity (Wildman–Crippen MR) is 53.0 cm³/mol. The maximum atomic E-state index is 5.36. The van der Waals surface area contributed by atoms with Gasteiger partial charge in [0, 0.05) is 26.2 Å². The Labute approximate surface area is 75.4 Å². The summed E-state index contributed by atoms with van der Waals surface area (Å²) < 4.78 is 0. The highest BCUT2D eigenvalue weighted by Gasteiger charge is 2.24. The minimum atomic E-state index is 0.666. The number of likely N-dealkylation sites (tertiary alicyclic amines) is 1. The SMILES string of the molecule is CC1CN(C/C=C/CN)CC1C. The quantitative estimate of drug-likeness (QED) is 0.639. The van der Waals surface area contributed by atoms with Crippen LogP contribution in [0.5, 0.6) is 0 Å². The molecule has 2 atom stereocenters. The molecule has 0 aromatic heterocycles. The zero-order chi connectivity index (χ0) is 8.97. The van der Waals surface area contributed by atoms with E-state index in [1.165, 1.54) is 13.1 Å². The summed E-state index contributed by atoms with van der Waals surface area (Å²) in [5.41, 5.74) is 5.36. The molecule has 1 aliphatic rings. The molecule has 0 amide bonds. The van der Waals surface area contributed by atoms with Gasteiger partial charge in [-0.05, 0) is 11.8 Å². The van der Waals surface area contributed by atoms with Gasteiger partial charge in [0.15, 0.2) is 0 Å². The van der Waals surface area contributed by atoms with Crippen LogP contribution in [0.3, 0.4) is 0 Å². The minimum Gasteiger partial charge on any atom is -0.327 e. The molecule has 70 valence electrons. The first kappa shape index (κ1) is 9.75. The molecule has 0 radical (unpaired) electrons. The summed E-state index contributed by atoms with van der Waals surface area (Å²) in [6.07, 6.45) is 4.21. The first-order chi connectivity index (χ1) is 5.74. The number of nitrogens with zero attached hydrogens (tertiary/aromatic N) is 1. The van der Waals surface area contributed by atoms with Crippen molar-refractivity contribution in [3.8, 4) is 0 Å². The lowest BCUT2D eigenvalue weighted by Gasteiger charge is -2.11. The number of hydrogen-bond donors (Lipinski definition) is 1. The molecule has 0 bridgehead atoms. The number of nitrogens with two attached hydrogens (primary N) is 1. The Kier molecular flexibility index (Phi) is 3.76. The van der Waals surface area contributed by atoms with Gasteiger partial charge in [-0.2, -0.15) is 0 Å². The molecule has 2 unspecified atom stereocenters. The van der Waals surface area contributed by atoms with Crippen LogP contribution < -0.4 is 5.73 Å². The van der Waals surface area contributed by atoms with Gasteiger partial charge in [0.2, 0.25) is 0 Å². The Morgan fingerprint density at radius 3 is 2.33 bits per heavy atom. The van der Waals surface area contributed by atoms with Gasteiger partial charge in [-0.3, -0.25) is 4.90 Å². The molecule has 1 heterocycles. The smallest absolute Gasteiger partial charge is 0.0163 e. The molecule has 1 fully saturated rings. The van der Waals surface area contributed by atoms with Crippen LogP contribution in [0.4, 0.5) is 0 Å². The van der Waals surface area contributed by atoms with Gasteiger partial charge in [-0.15, -0.1) is 0 Å². The second-order valence-corrected chi connectivity index (χ2v) is 3.88. The lowest BCUT2D eigenvalue weighted by atomic mass is 10.0. The summed E-state index contributed by atoms with van der Waals surface area (Å²) >= 11 is 0. The summed E-state index contributed by atoms with van der Waals surface area (Å²) in [6.45, 7) is 8.89. The normalized spacial score (nSPS) is 31.9. The van der Waals surface area contributed by atoms with Crippen LogP contribution in [-0.2, 0) is 0 Å². The zero-order valence-corrected chi connectivity index (χ0v) is 8.16. The average molecular weight is 168 g/mol. The molecule has 0 aliphatic carbocycles. The third-order valence-corrected chi connectivity index (χ3v) is 2.73. The minimum absolute atomic E-state index is 0.666. The monoisotopic (exact) mass is 168 g/mol. The molecule has 1 rings (SSSR count). The summed E-state index contributed by atoms with van der Waals surface area (Å²) in [7, 11) is 0. The second kappa shape index (κ2) is 4.63. The molecule has 2 N–H and O–H groups in total. The van der Waals surface area contributed by atoms with Crippen molar-refractivity contribution in [3.63, 3.8) is 0 Å². The standard InChI is InChI=1S/C10H20N2/c1-9-7-12(8-10(9)2)6-4-3-5-11/h3-4,9-10H,5-8,11H2,1-2H3/b4-3+. The third kappa shape index (κ3) is 2.61. The van der Waals surface area contributed by atoms with Crippen LogP contribution in [0, 0.1) is 11.8 Å². The van der Waals surface area contributed by atoms with Gasteiger partial charge < -0.3 is 5.73 Å². The van der Waals surface area contributed by atoms with E-state index in [1.54, 1.807) is 0 Å². The number of hydrogen-bond acceptors (Lipinski definition) is 2. The van der Waals surface area contributed by atoms with Crippen molar-refractivity contribution in [3.05, 3.63) is 12.2 Å². The lowest BCUT2D eigenvalue weighted by molar-refractivity contribution is 0.359. The molecule has 0 spiro atoms. The topological polar surface area (TPSA) is 29.3 Å². The molecule has 2 nitrogen and oxygen atoms in total. The largest absolute Gasteiger partial charge is 0.327 e. The van der Waals surface area contributed by atoms with E-state index in [9.17, 15) is 0 Å². The highest BCUT2D eigenvalue weighted by Crippen LogP contribution is 2.21. The lowest BCUT2D eigenvalue weighted by Crippen LogP contribution is -2.20. The Balaban J connectivity index is 2.23. The Morgan fingerprint density at radius 1 is 1.25 bits per heavy atom. The molecule has 1 saturated heterocycles. The molecular weight excluding hydrogens is 148 g/mol. The maximum Gasteiger partial charge on any atom is 0.0163 e. The van der Waals surface area contributed by atoms with Crippen LogP contribution >= 0.6 is 0 Å². The van der Waals surface area contributed by atoms with Crippen molar-refractivity contribution >= 4 is 0 Å². The van der Waals surface area contributed by atoms with E-state index < -0.39 is 0 Å².